The lowest BCUT2D eigenvalue weighted by atomic mass is 9.92. The SMILES string of the molecule is COc1cc(Cl)c(C)cc1NC1CCCc2c1cnn2C. The second-order valence-corrected chi connectivity index (χ2v) is 5.97. The van der Waals surface area contributed by atoms with Gasteiger partial charge >= 0.3 is 0 Å². The fourth-order valence-corrected chi connectivity index (χ4v) is 3.14. The van der Waals surface area contributed by atoms with E-state index < -0.39 is 0 Å². The third kappa shape index (κ3) is 2.60. The molecule has 1 atom stereocenters. The zero-order valence-electron chi connectivity index (χ0n) is 12.6. The Bertz CT molecular complexity index is 666. The molecular formula is C16H20ClN3O. The van der Waals surface area contributed by atoms with Crippen LogP contribution >= 0.6 is 11.6 Å². The van der Waals surface area contributed by atoms with Crippen LogP contribution < -0.4 is 10.1 Å². The predicted molar refractivity (Wildman–Crippen MR) is 85.3 cm³/mol. The number of benzene rings is 1. The molecule has 5 heteroatoms. The number of fused-ring (bicyclic) bond motifs is 1. The maximum atomic E-state index is 6.17. The fourth-order valence-electron chi connectivity index (χ4n) is 2.99. The van der Waals surface area contributed by atoms with Gasteiger partial charge in [0.1, 0.15) is 5.75 Å². The summed E-state index contributed by atoms with van der Waals surface area (Å²) in [4.78, 5) is 0. The molecule has 1 aliphatic carbocycles. The van der Waals surface area contributed by atoms with Gasteiger partial charge in [0.15, 0.2) is 0 Å². The van der Waals surface area contributed by atoms with Gasteiger partial charge in [0.25, 0.3) is 0 Å². The van der Waals surface area contributed by atoms with Crippen LogP contribution in [0.3, 0.4) is 0 Å². The Balaban J connectivity index is 1.93. The lowest BCUT2D eigenvalue weighted by Crippen LogP contribution is -2.18. The molecule has 0 amide bonds. The van der Waals surface area contributed by atoms with E-state index in [2.05, 4.69) is 10.4 Å². The van der Waals surface area contributed by atoms with Gasteiger partial charge < -0.3 is 10.1 Å². The van der Waals surface area contributed by atoms with Crippen molar-refractivity contribution in [1.82, 2.24) is 9.78 Å². The molecule has 4 nitrogen and oxygen atoms in total. The van der Waals surface area contributed by atoms with Crippen LogP contribution in [0, 0.1) is 6.92 Å². The summed E-state index contributed by atoms with van der Waals surface area (Å²) in [6, 6.07) is 4.19. The van der Waals surface area contributed by atoms with Crippen molar-refractivity contribution < 1.29 is 4.74 Å². The molecule has 0 fully saturated rings. The highest BCUT2D eigenvalue weighted by atomic mass is 35.5. The zero-order valence-corrected chi connectivity index (χ0v) is 13.4. The van der Waals surface area contributed by atoms with E-state index in [0.717, 1.165) is 34.9 Å². The highest BCUT2D eigenvalue weighted by Crippen LogP contribution is 2.37. The smallest absolute Gasteiger partial charge is 0.143 e. The van der Waals surface area contributed by atoms with E-state index in [1.165, 1.54) is 17.7 Å². The molecule has 1 N–H and O–H groups in total. The molecule has 112 valence electrons. The van der Waals surface area contributed by atoms with Crippen LogP contribution in [0.15, 0.2) is 18.3 Å². The largest absolute Gasteiger partial charge is 0.495 e. The molecule has 0 saturated carbocycles. The molecule has 1 unspecified atom stereocenters. The topological polar surface area (TPSA) is 39.1 Å². The van der Waals surface area contributed by atoms with Crippen LogP contribution in [-0.2, 0) is 13.5 Å². The minimum absolute atomic E-state index is 0.275. The molecular weight excluding hydrogens is 286 g/mol. The van der Waals surface area contributed by atoms with Gasteiger partial charge in [-0.2, -0.15) is 5.10 Å². The normalized spacial score (nSPS) is 17.4. The molecule has 21 heavy (non-hydrogen) atoms. The van der Waals surface area contributed by atoms with Crippen molar-refractivity contribution in [2.24, 2.45) is 7.05 Å². The Morgan fingerprint density at radius 1 is 1.43 bits per heavy atom. The molecule has 1 aromatic heterocycles. The average molecular weight is 306 g/mol. The maximum Gasteiger partial charge on any atom is 0.143 e. The number of hydrogen-bond acceptors (Lipinski definition) is 3. The van der Waals surface area contributed by atoms with E-state index in [0.29, 0.717) is 0 Å². The van der Waals surface area contributed by atoms with E-state index in [1.54, 1.807) is 7.11 Å². The number of methoxy groups -OCH3 is 1. The number of nitrogens with zero attached hydrogens (tertiary/aromatic N) is 2. The summed E-state index contributed by atoms with van der Waals surface area (Å²) >= 11 is 6.17. The number of nitrogens with one attached hydrogen (secondary N) is 1. The van der Waals surface area contributed by atoms with E-state index >= 15 is 0 Å². The van der Waals surface area contributed by atoms with Crippen molar-refractivity contribution in [2.75, 3.05) is 12.4 Å². The summed E-state index contributed by atoms with van der Waals surface area (Å²) in [7, 11) is 3.68. The molecule has 3 rings (SSSR count). The van der Waals surface area contributed by atoms with Crippen LogP contribution in [0.5, 0.6) is 5.75 Å². The Kier molecular flexibility index (Phi) is 3.81. The number of ether oxygens (including phenoxy) is 1. The lowest BCUT2D eigenvalue weighted by Gasteiger charge is -2.26. The monoisotopic (exact) mass is 305 g/mol. The first-order chi connectivity index (χ1) is 10.1. The summed E-state index contributed by atoms with van der Waals surface area (Å²) in [6.07, 6.45) is 5.34. The van der Waals surface area contributed by atoms with Gasteiger partial charge in [-0.15, -0.1) is 0 Å². The van der Waals surface area contributed by atoms with E-state index in [-0.39, 0.29) is 6.04 Å². The second kappa shape index (κ2) is 5.60. The summed E-state index contributed by atoms with van der Waals surface area (Å²) in [5.41, 5.74) is 4.64. The molecule has 0 saturated heterocycles. The number of anilines is 1. The average Bonchev–Trinajstić information content (AvgIpc) is 2.85. The molecule has 1 aliphatic rings. The zero-order chi connectivity index (χ0) is 15.0. The third-order valence-electron chi connectivity index (χ3n) is 4.19. The van der Waals surface area contributed by atoms with Crippen LogP contribution in [0.2, 0.25) is 5.02 Å². The van der Waals surface area contributed by atoms with Crippen molar-refractivity contribution in [3.8, 4) is 5.75 Å². The van der Waals surface area contributed by atoms with Crippen LogP contribution in [0.25, 0.3) is 0 Å². The van der Waals surface area contributed by atoms with Gasteiger partial charge in [0, 0.05) is 29.4 Å². The standard InChI is InChI=1S/C16H20ClN3O/c1-10-7-14(16(21-3)8-12(10)17)19-13-5-4-6-15-11(13)9-18-20(15)2/h7-9,13,19H,4-6H2,1-3H3. The first-order valence-corrected chi connectivity index (χ1v) is 7.59. The number of rotatable bonds is 3. The predicted octanol–water partition coefficient (Wildman–Crippen LogP) is 3.88. The lowest BCUT2D eigenvalue weighted by molar-refractivity contribution is 0.415. The summed E-state index contributed by atoms with van der Waals surface area (Å²) in [5, 5.41) is 8.71. The Morgan fingerprint density at radius 2 is 2.24 bits per heavy atom. The van der Waals surface area contributed by atoms with E-state index in [1.807, 2.05) is 37.0 Å². The minimum atomic E-state index is 0.275. The molecule has 0 bridgehead atoms. The molecule has 1 heterocycles. The highest BCUT2D eigenvalue weighted by Gasteiger charge is 2.24. The van der Waals surface area contributed by atoms with Crippen LogP contribution in [-0.4, -0.2) is 16.9 Å². The van der Waals surface area contributed by atoms with Crippen LogP contribution in [0.1, 0.15) is 35.7 Å². The van der Waals surface area contributed by atoms with Gasteiger partial charge in [-0.1, -0.05) is 11.6 Å². The summed E-state index contributed by atoms with van der Waals surface area (Å²) in [5.74, 6) is 0.779. The first-order valence-electron chi connectivity index (χ1n) is 7.21. The van der Waals surface area contributed by atoms with Gasteiger partial charge in [-0.3, -0.25) is 4.68 Å². The molecule has 0 aliphatic heterocycles. The maximum absolute atomic E-state index is 6.17. The summed E-state index contributed by atoms with van der Waals surface area (Å²) in [6.45, 7) is 2.00. The minimum Gasteiger partial charge on any atom is -0.495 e. The van der Waals surface area contributed by atoms with Crippen LogP contribution in [0.4, 0.5) is 5.69 Å². The van der Waals surface area contributed by atoms with Crippen molar-refractivity contribution in [3.63, 3.8) is 0 Å². The molecule has 0 spiro atoms. The summed E-state index contributed by atoms with van der Waals surface area (Å²) < 4.78 is 7.43. The van der Waals surface area contributed by atoms with Gasteiger partial charge in [0.2, 0.25) is 0 Å². The van der Waals surface area contributed by atoms with Crippen molar-refractivity contribution in [3.05, 3.63) is 40.2 Å². The molecule has 1 aromatic carbocycles. The second-order valence-electron chi connectivity index (χ2n) is 5.56. The number of halogens is 1. The van der Waals surface area contributed by atoms with Gasteiger partial charge in [-0.25, -0.2) is 0 Å². The van der Waals surface area contributed by atoms with Gasteiger partial charge in [-0.05, 0) is 37.8 Å². The van der Waals surface area contributed by atoms with E-state index in [4.69, 9.17) is 16.3 Å². The molecule has 2 aromatic rings. The van der Waals surface area contributed by atoms with E-state index in [9.17, 15) is 0 Å². The quantitative estimate of drug-likeness (QED) is 0.935. The Labute approximate surface area is 130 Å². The van der Waals surface area contributed by atoms with Crippen molar-refractivity contribution >= 4 is 17.3 Å². The Hall–Kier alpha value is -1.68. The van der Waals surface area contributed by atoms with Gasteiger partial charge in [0.05, 0.1) is 25.0 Å². The number of aromatic nitrogens is 2. The highest BCUT2D eigenvalue weighted by molar-refractivity contribution is 6.31. The van der Waals surface area contributed by atoms with Crippen molar-refractivity contribution in [1.29, 1.82) is 0 Å². The molecule has 0 radical (unpaired) electrons. The first kappa shape index (κ1) is 14.3. The number of hydrogen-bond donors (Lipinski definition) is 1. The third-order valence-corrected chi connectivity index (χ3v) is 4.59. The number of aryl methyl sites for hydroxylation is 2. The fraction of sp³-hybridized carbons (Fsp3) is 0.438. The Morgan fingerprint density at radius 3 is 3.00 bits per heavy atom. The van der Waals surface area contributed by atoms with Crippen molar-refractivity contribution in [2.45, 2.75) is 32.2 Å².